The van der Waals surface area contributed by atoms with Gasteiger partial charge in [-0.25, -0.2) is 4.98 Å². The van der Waals surface area contributed by atoms with Crippen LogP contribution in [0.1, 0.15) is 12.8 Å². The Balaban J connectivity index is 1.90. The minimum Gasteiger partial charge on any atom is -0.476 e. The van der Waals surface area contributed by atoms with Crippen LogP contribution in [0, 0.1) is 5.41 Å². The molecule has 0 unspecified atom stereocenters. The Hall–Kier alpha value is -1.45. The predicted octanol–water partition coefficient (Wildman–Crippen LogP) is 0.834. The van der Waals surface area contributed by atoms with Crippen molar-refractivity contribution in [2.24, 2.45) is 5.41 Å². The number of carbonyl (C=O) groups excluding carboxylic acids is 1. The molecule has 0 N–H and O–H groups in total. The molecule has 4 nitrogen and oxygen atoms in total. The number of rotatable bonds is 4. The molecular weight excluding hydrogens is 168 g/mol. The number of hydrogen-bond acceptors (Lipinski definition) is 4. The van der Waals surface area contributed by atoms with Crippen LogP contribution in [0.2, 0.25) is 0 Å². The zero-order valence-corrected chi connectivity index (χ0v) is 7.14. The van der Waals surface area contributed by atoms with Crippen LogP contribution in [-0.2, 0) is 4.79 Å². The van der Waals surface area contributed by atoms with Crippen molar-refractivity contribution in [2.75, 3.05) is 6.61 Å². The van der Waals surface area contributed by atoms with Crippen LogP contribution in [0.5, 0.6) is 5.88 Å². The van der Waals surface area contributed by atoms with Gasteiger partial charge in [-0.05, 0) is 12.8 Å². The smallest absolute Gasteiger partial charge is 0.232 e. The molecule has 0 aliphatic heterocycles. The van der Waals surface area contributed by atoms with Gasteiger partial charge in [0.1, 0.15) is 12.9 Å². The fourth-order valence-electron chi connectivity index (χ4n) is 1.03. The van der Waals surface area contributed by atoms with Crippen molar-refractivity contribution < 1.29 is 9.53 Å². The van der Waals surface area contributed by atoms with Crippen LogP contribution in [0.15, 0.2) is 18.6 Å². The summed E-state index contributed by atoms with van der Waals surface area (Å²) in [5.41, 5.74) is -0.225. The van der Waals surface area contributed by atoms with Gasteiger partial charge in [-0.2, -0.15) is 0 Å². The van der Waals surface area contributed by atoms with Gasteiger partial charge < -0.3 is 9.53 Å². The summed E-state index contributed by atoms with van der Waals surface area (Å²) in [6.45, 7) is 0.426. The summed E-state index contributed by atoms with van der Waals surface area (Å²) in [6.07, 6.45) is 7.52. The molecule has 1 heterocycles. The fraction of sp³-hybridized carbons (Fsp3) is 0.444. The van der Waals surface area contributed by atoms with Crippen molar-refractivity contribution in [3.8, 4) is 5.88 Å². The highest BCUT2D eigenvalue weighted by atomic mass is 16.5. The first-order chi connectivity index (χ1) is 6.35. The van der Waals surface area contributed by atoms with E-state index >= 15 is 0 Å². The van der Waals surface area contributed by atoms with Crippen molar-refractivity contribution >= 4 is 6.29 Å². The van der Waals surface area contributed by atoms with E-state index in [0.717, 1.165) is 19.1 Å². The lowest BCUT2D eigenvalue weighted by atomic mass is 10.1. The van der Waals surface area contributed by atoms with Gasteiger partial charge in [-0.3, -0.25) is 4.98 Å². The van der Waals surface area contributed by atoms with Crippen molar-refractivity contribution in [3.05, 3.63) is 18.6 Å². The SMILES string of the molecule is O=CC1(COc2cnccn2)CC1. The van der Waals surface area contributed by atoms with E-state index in [1.165, 1.54) is 0 Å². The highest BCUT2D eigenvalue weighted by Crippen LogP contribution is 2.43. The van der Waals surface area contributed by atoms with Crippen LogP contribution in [0.25, 0.3) is 0 Å². The maximum Gasteiger partial charge on any atom is 0.232 e. The molecule has 0 amide bonds. The second-order valence-corrected chi connectivity index (χ2v) is 3.31. The van der Waals surface area contributed by atoms with E-state index in [-0.39, 0.29) is 5.41 Å². The zero-order chi connectivity index (χ0) is 9.15. The number of aromatic nitrogens is 2. The Morgan fingerprint density at radius 3 is 2.92 bits per heavy atom. The molecule has 1 aromatic rings. The molecule has 0 aromatic carbocycles. The molecule has 68 valence electrons. The van der Waals surface area contributed by atoms with E-state index < -0.39 is 0 Å². The largest absolute Gasteiger partial charge is 0.476 e. The zero-order valence-electron chi connectivity index (χ0n) is 7.14. The molecule has 0 atom stereocenters. The number of ether oxygens (including phenoxy) is 1. The average Bonchev–Trinajstić information content (AvgIpc) is 2.97. The van der Waals surface area contributed by atoms with Crippen LogP contribution in [0.4, 0.5) is 0 Å². The Morgan fingerprint density at radius 2 is 2.38 bits per heavy atom. The maximum absolute atomic E-state index is 10.6. The van der Waals surface area contributed by atoms with E-state index in [9.17, 15) is 4.79 Å². The van der Waals surface area contributed by atoms with Gasteiger partial charge in [-0.1, -0.05) is 0 Å². The number of nitrogens with zero attached hydrogens (tertiary/aromatic N) is 2. The van der Waals surface area contributed by atoms with Gasteiger partial charge in [0.05, 0.1) is 11.6 Å². The maximum atomic E-state index is 10.6. The van der Waals surface area contributed by atoms with Gasteiger partial charge in [0.15, 0.2) is 0 Å². The van der Waals surface area contributed by atoms with Gasteiger partial charge in [0, 0.05) is 12.4 Å². The summed E-state index contributed by atoms with van der Waals surface area (Å²) in [4.78, 5) is 18.4. The predicted molar refractivity (Wildman–Crippen MR) is 45.3 cm³/mol. The van der Waals surface area contributed by atoms with E-state index in [1.807, 2.05) is 0 Å². The first kappa shape index (κ1) is 8.16. The molecule has 1 aliphatic rings. The Labute approximate surface area is 76.0 Å². The first-order valence-electron chi connectivity index (χ1n) is 4.20. The fourth-order valence-corrected chi connectivity index (χ4v) is 1.03. The average molecular weight is 178 g/mol. The molecule has 1 aliphatic carbocycles. The van der Waals surface area contributed by atoms with Crippen LogP contribution in [0.3, 0.4) is 0 Å². The summed E-state index contributed by atoms with van der Waals surface area (Å²) < 4.78 is 5.32. The minimum atomic E-state index is -0.225. The third kappa shape index (κ3) is 1.83. The molecule has 1 fully saturated rings. The normalized spacial score (nSPS) is 17.8. The molecule has 13 heavy (non-hydrogen) atoms. The lowest BCUT2D eigenvalue weighted by Gasteiger charge is -2.07. The van der Waals surface area contributed by atoms with Crippen LogP contribution >= 0.6 is 0 Å². The summed E-state index contributed by atoms with van der Waals surface area (Å²) in [6, 6.07) is 0. The van der Waals surface area contributed by atoms with Crippen LogP contribution < -0.4 is 4.74 Å². The number of hydrogen-bond donors (Lipinski definition) is 0. The van der Waals surface area contributed by atoms with Crippen molar-refractivity contribution in [1.82, 2.24) is 9.97 Å². The Kier molecular flexibility index (Phi) is 1.96. The second-order valence-electron chi connectivity index (χ2n) is 3.31. The van der Waals surface area contributed by atoms with E-state index in [0.29, 0.717) is 12.5 Å². The number of aldehydes is 1. The molecule has 0 radical (unpaired) electrons. The van der Waals surface area contributed by atoms with Gasteiger partial charge in [-0.15, -0.1) is 0 Å². The molecular formula is C9H10N2O2. The first-order valence-corrected chi connectivity index (χ1v) is 4.20. The van der Waals surface area contributed by atoms with Gasteiger partial charge in [0.25, 0.3) is 0 Å². The van der Waals surface area contributed by atoms with E-state index in [1.54, 1.807) is 18.6 Å². The lowest BCUT2D eigenvalue weighted by molar-refractivity contribution is -0.113. The van der Waals surface area contributed by atoms with Gasteiger partial charge >= 0.3 is 0 Å². The standard InChI is InChI=1S/C9H10N2O2/c12-6-9(1-2-9)7-13-8-5-10-3-4-11-8/h3-6H,1-2,7H2. The van der Waals surface area contributed by atoms with Gasteiger partial charge in [0.2, 0.25) is 5.88 Å². The third-order valence-electron chi connectivity index (χ3n) is 2.19. The molecule has 4 heteroatoms. The minimum absolute atomic E-state index is 0.225. The van der Waals surface area contributed by atoms with E-state index in [4.69, 9.17) is 4.74 Å². The molecule has 0 spiro atoms. The topological polar surface area (TPSA) is 52.1 Å². The highest BCUT2D eigenvalue weighted by Gasteiger charge is 2.43. The summed E-state index contributed by atoms with van der Waals surface area (Å²) >= 11 is 0. The summed E-state index contributed by atoms with van der Waals surface area (Å²) in [7, 11) is 0. The van der Waals surface area contributed by atoms with Crippen molar-refractivity contribution in [1.29, 1.82) is 0 Å². The molecule has 1 aromatic heterocycles. The Morgan fingerprint density at radius 1 is 1.54 bits per heavy atom. The quantitative estimate of drug-likeness (QED) is 0.641. The molecule has 2 rings (SSSR count). The van der Waals surface area contributed by atoms with Crippen molar-refractivity contribution in [3.63, 3.8) is 0 Å². The summed E-state index contributed by atoms with van der Waals surface area (Å²) in [5, 5.41) is 0. The molecule has 1 saturated carbocycles. The van der Waals surface area contributed by atoms with Crippen LogP contribution in [-0.4, -0.2) is 22.9 Å². The molecule has 0 saturated heterocycles. The molecule has 0 bridgehead atoms. The second kappa shape index (κ2) is 3.12. The van der Waals surface area contributed by atoms with Crippen molar-refractivity contribution in [2.45, 2.75) is 12.8 Å². The number of carbonyl (C=O) groups is 1. The Bertz CT molecular complexity index is 296. The lowest BCUT2D eigenvalue weighted by Crippen LogP contribution is -2.14. The summed E-state index contributed by atoms with van der Waals surface area (Å²) in [5.74, 6) is 0.482. The third-order valence-corrected chi connectivity index (χ3v) is 2.19. The highest BCUT2D eigenvalue weighted by molar-refractivity contribution is 5.63. The monoisotopic (exact) mass is 178 g/mol. The van der Waals surface area contributed by atoms with E-state index in [2.05, 4.69) is 9.97 Å².